The molecule has 0 spiro atoms. The highest BCUT2D eigenvalue weighted by Crippen LogP contribution is 2.30. The maximum atomic E-state index is 13.4. The number of carbonyl (C=O) groups excluding carboxylic acids is 1. The molecular weight excluding hydrogens is 547 g/mol. The number of aromatic nitrogens is 5. The summed E-state index contributed by atoms with van der Waals surface area (Å²) in [6.45, 7) is 3.36. The molecule has 0 saturated heterocycles. The zero-order valence-electron chi connectivity index (χ0n) is 23.5. The first-order valence-electron chi connectivity index (χ1n) is 14.1. The minimum Gasteiger partial charge on any atom is -0.493 e. The summed E-state index contributed by atoms with van der Waals surface area (Å²) in [4.78, 5) is 42.9. The average Bonchev–Trinajstić information content (AvgIpc) is 3.41. The van der Waals surface area contributed by atoms with Crippen LogP contribution in [0.3, 0.4) is 0 Å². The van der Waals surface area contributed by atoms with E-state index in [1.807, 2.05) is 29.7 Å². The summed E-state index contributed by atoms with van der Waals surface area (Å²) in [6, 6.07) is 20.6. The van der Waals surface area contributed by atoms with Gasteiger partial charge in [-0.15, -0.1) is 0 Å². The molecule has 216 valence electrons. The van der Waals surface area contributed by atoms with E-state index in [4.69, 9.17) is 9.72 Å². The number of imidazole rings is 1. The van der Waals surface area contributed by atoms with Crippen molar-refractivity contribution >= 4 is 27.8 Å². The molecule has 0 fully saturated rings. The molecule has 3 heterocycles. The predicted molar refractivity (Wildman–Crippen MR) is 163 cm³/mol. The topological polar surface area (TPSA) is 115 Å². The molecule has 0 radical (unpaired) electrons. The smallest absolute Gasteiger partial charge is 0.259 e. The van der Waals surface area contributed by atoms with Crippen LogP contribution in [0, 0.1) is 5.82 Å². The predicted octanol–water partition coefficient (Wildman–Crippen LogP) is 5.28. The van der Waals surface area contributed by atoms with Crippen molar-refractivity contribution in [2.45, 2.75) is 26.3 Å². The fourth-order valence-electron chi connectivity index (χ4n) is 4.88. The minimum absolute atomic E-state index is 0.254. The Labute approximate surface area is 246 Å². The van der Waals surface area contributed by atoms with Gasteiger partial charge in [-0.25, -0.2) is 14.4 Å². The summed E-state index contributed by atoms with van der Waals surface area (Å²) < 4.78 is 21.2. The lowest BCUT2D eigenvalue weighted by Gasteiger charge is -2.13. The van der Waals surface area contributed by atoms with Crippen molar-refractivity contribution in [1.29, 1.82) is 0 Å². The lowest BCUT2D eigenvalue weighted by Crippen LogP contribution is -2.26. The fraction of sp³-hybridized carbons (Fsp3) is 0.182. The highest BCUT2D eigenvalue weighted by Gasteiger charge is 2.17. The number of nitrogens with zero attached hydrogens (tertiary/aromatic N) is 4. The molecule has 1 amide bonds. The van der Waals surface area contributed by atoms with E-state index < -0.39 is 0 Å². The van der Waals surface area contributed by atoms with Crippen LogP contribution in [0.15, 0.2) is 90.1 Å². The Hall–Kier alpha value is -5.38. The van der Waals surface area contributed by atoms with Crippen LogP contribution in [0.4, 0.5) is 4.39 Å². The van der Waals surface area contributed by atoms with E-state index in [1.54, 1.807) is 55.0 Å². The molecule has 0 saturated carbocycles. The number of H-pyrrole nitrogens is 1. The maximum absolute atomic E-state index is 13.4. The minimum atomic E-state index is -0.330. The van der Waals surface area contributed by atoms with Crippen LogP contribution in [-0.2, 0) is 13.0 Å². The monoisotopic (exact) mass is 576 g/mol. The second-order valence-corrected chi connectivity index (χ2v) is 10.2. The Kier molecular flexibility index (Phi) is 7.90. The Bertz CT molecular complexity index is 1970. The molecule has 3 aromatic carbocycles. The Morgan fingerprint density at radius 1 is 1.02 bits per heavy atom. The van der Waals surface area contributed by atoms with Crippen molar-refractivity contribution in [3.05, 3.63) is 118 Å². The average molecular weight is 577 g/mol. The van der Waals surface area contributed by atoms with Crippen molar-refractivity contribution in [2.24, 2.45) is 0 Å². The van der Waals surface area contributed by atoms with E-state index in [0.717, 1.165) is 23.2 Å². The van der Waals surface area contributed by atoms with Crippen LogP contribution >= 0.6 is 0 Å². The number of fused-ring (bicyclic) bond motifs is 2. The van der Waals surface area contributed by atoms with Crippen molar-refractivity contribution < 1.29 is 13.9 Å². The van der Waals surface area contributed by atoms with E-state index in [-0.39, 0.29) is 23.1 Å². The molecule has 0 aliphatic carbocycles. The third-order valence-corrected chi connectivity index (χ3v) is 7.06. The van der Waals surface area contributed by atoms with Gasteiger partial charge in [0.05, 0.1) is 40.4 Å². The van der Waals surface area contributed by atoms with Crippen molar-refractivity contribution in [3.63, 3.8) is 0 Å². The van der Waals surface area contributed by atoms with Gasteiger partial charge in [-0.2, -0.15) is 0 Å². The van der Waals surface area contributed by atoms with Crippen LogP contribution in [0.1, 0.15) is 35.0 Å². The number of rotatable bonds is 10. The summed E-state index contributed by atoms with van der Waals surface area (Å²) >= 11 is 0. The van der Waals surface area contributed by atoms with Gasteiger partial charge >= 0.3 is 0 Å². The van der Waals surface area contributed by atoms with E-state index in [0.29, 0.717) is 59.4 Å². The van der Waals surface area contributed by atoms with E-state index in [1.165, 1.54) is 12.1 Å². The number of halogens is 1. The highest BCUT2D eigenvalue weighted by atomic mass is 19.1. The second kappa shape index (κ2) is 12.2. The van der Waals surface area contributed by atoms with Crippen molar-refractivity contribution in [1.82, 2.24) is 29.8 Å². The molecule has 0 bridgehead atoms. The lowest BCUT2D eigenvalue weighted by atomic mass is 10.1. The van der Waals surface area contributed by atoms with Gasteiger partial charge in [0.25, 0.3) is 11.5 Å². The molecule has 0 atom stereocenters. The third-order valence-electron chi connectivity index (χ3n) is 7.06. The fourth-order valence-corrected chi connectivity index (χ4v) is 4.88. The molecule has 3 aromatic heterocycles. The molecule has 10 heteroatoms. The number of benzene rings is 3. The molecule has 6 aromatic rings. The van der Waals surface area contributed by atoms with Crippen molar-refractivity contribution in [3.8, 4) is 17.1 Å². The number of carbonyl (C=O) groups is 1. The highest BCUT2D eigenvalue weighted by molar-refractivity contribution is 5.96. The first-order chi connectivity index (χ1) is 21.0. The zero-order valence-corrected chi connectivity index (χ0v) is 23.5. The molecule has 2 N–H and O–H groups in total. The lowest BCUT2D eigenvalue weighted by molar-refractivity contribution is 0.0954. The molecule has 0 unspecified atom stereocenters. The molecule has 0 aliphatic rings. The quantitative estimate of drug-likeness (QED) is 0.229. The van der Waals surface area contributed by atoms with Crippen molar-refractivity contribution in [2.75, 3.05) is 13.2 Å². The largest absolute Gasteiger partial charge is 0.493 e. The maximum Gasteiger partial charge on any atom is 0.259 e. The molecule has 43 heavy (non-hydrogen) atoms. The number of pyridine rings is 1. The number of ether oxygens (including phenoxy) is 1. The van der Waals surface area contributed by atoms with Crippen LogP contribution in [-0.4, -0.2) is 43.6 Å². The summed E-state index contributed by atoms with van der Waals surface area (Å²) in [5.74, 6) is 0.250. The SMILES string of the molecule is CCCOc1ccc(C(=O)NCCc2ccccn2)cc1-c1nc2cc3ncn(Cc4ccc(F)cc4)c3cc2c(=O)[nH]1. The number of nitrogens with one attached hydrogen (secondary N) is 2. The molecule has 9 nitrogen and oxygen atoms in total. The standard InChI is InChI=1S/C33H29FN6O3/c1-2-15-43-30-11-8-22(32(41)36-14-12-24-5-3-4-13-35-24)16-26(30)31-38-27-18-28-29(17-25(27)33(42)39-31)40(20-37-28)19-21-6-9-23(34)10-7-21/h3-11,13,16-18,20H,2,12,14-15,19H2,1H3,(H,36,41)(H,38,39,42). The van der Waals surface area contributed by atoms with Crippen LogP contribution in [0.5, 0.6) is 5.75 Å². The van der Waals surface area contributed by atoms with Gasteiger partial charge in [-0.1, -0.05) is 25.1 Å². The Balaban J connectivity index is 1.32. The Morgan fingerprint density at radius 2 is 1.88 bits per heavy atom. The van der Waals surface area contributed by atoms with Gasteiger partial charge < -0.3 is 19.6 Å². The van der Waals surface area contributed by atoms with E-state index >= 15 is 0 Å². The summed E-state index contributed by atoms with van der Waals surface area (Å²) in [7, 11) is 0. The third kappa shape index (κ3) is 6.13. The van der Waals surface area contributed by atoms with Gasteiger partial charge in [0.1, 0.15) is 17.4 Å². The van der Waals surface area contributed by atoms with Gasteiger partial charge in [0, 0.05) is 37.0 Å². The first kappa shape index (κ1) is 27.8. The number of hydrogen-bond acceptors (Lipinski definition) is 6. The van der Waals surface area contributed by atoms with E-state index in [9.17, 15) is 14.0 Å². The zero-order chi connectivity index (χ0) is 29.8. The van der Waals surface area contributed by atoms with Gasteiger partial charge in [0.2, 0.25) is 0 Å². The van der Waals surface area contributed by atoms with Crippen LogP contribution < -0.4 is 15.6 Å². The summed E-state index contributed by atoms with van der Waals surface area (Å²) in [5, 5.41) is 3.33. The number of aromatic amines is 1. The summed E-state index contributed by atoms with van der Waals surface area (Å²) in [5.41, 5.74) is 4.27. The van der Waals surface area contributed by atoms with Gasteiger partial charge in [0.15, 0.2) is 0 Å². The summed E-state index contributed by atoms with van der Waals surface area (Å²) in [6.07, 6.45) is 4.80. The van der Waals surface area contributed by atoms with Gasteiger partial charge in [-0.3, -0.25) is 14.6 Å². The normalized spacial score (nSPS) is 11.2. The van der Waals surface area contributed by atoms with Crippen LogP contribution in [0.2, 0.25) is 0 Å². The molecule has 6 rings (SSSR count). The molecule has 0 aliphatic heterocycles. The Morgan fingerprint density at radius 3 is 2.67 bits per heavy atom. The van der Waals surface area contributed by atoms with Crippen LogP contribution in [0.25, 0.3) is 33.3 Å². The number of hydrogen-bond donors (Lipinski definition) is 2. The molecular formula is C33H29FN6O3. The van der Waals surface area contributed by atoms with E-state index in [2.05, 4.69) is 20.3 Å². The number of amides is 1. The van der Waals surface area contributed by atoms with Gasteiger partial charge in [-0.05, 0) is 66.6 Å². The second-order valence-electron chi connectivity index (χ2n) is 10.2. The first-order valence-corrected chi connectivity index (χ1v) is 14.1.